The predicted molar refractivity (Wildman–Crippen MR) is 115 cm³/mol. The highest BCUT2D eigenvalue weighted by Gasteiger charge is 2.15. The van der Waals surface area contributed by atoms with Crippen LogP contribution >= 0.6 is 11.6 Å². The fourth-order valence-corrected chi connectivity index (χ4v) is 3.59. The van der Waals surface area contributed by atoms with E-state index >= 15 is 0 Å². The van der Waals surface area contributed by atoms with Crippen molar-refractivity contribution in [2.24, 2.45) is 0 Å². The molecule has 6 nitrogen and oxygen atoms in total. The van der Waals surface area contributed by atoms with Gasteiger partial charge in [0.25, 0.3) is 5.91 Å². The van der Waals surface area contributed by atoms with E-state index in [4.69, 9.17) is 16.3 Å². The molecule has 1 N–H and O–H groups in total. The topological polar surface area (TPSA) is 67.3 Å². The van der Waals surface area contributed by atoms with E-state index in [0.29, 0.717) is 22.0 Å². The van der Waals surface area contributed by atoms with Crippen molar-refractivity contribution in [3.05, 3.63) is 65.4 Å². The molecule has 1 aliphatic heterocycles. The van der Waals surface area contributed by atoms with Crippen molar-refractivity contribution in [1.82, 2.24) is 9.97 Å². The number of amides is 1. The zero-order chi connectivity index (χ0) is 20.2. The molecule has 1 amide bonds. The second-order valence-electron chi connectivity index (χ2n) is 6.84. The largest absolute Gasteiger partial charge is 0.495 e. The first kappa shape index (κ1) is 19.2. The van der Waals surface area contributed by atoms with Gasteiger partial charge in [0.2, 0.25) is 0 Å². The summed E-state index contributed by atoms with van der Waals surface area (Å²) in [5.41, 5.74) is 2.69. The molecule has 4 rings (SSSR count). The van der Waals surface area contributed by atoms with Crippen molar-refractivity contribution in [2.75, 3.05) is 30.4 Å². The maximum atomic E-state index is 12.8. The maximum absolute atomic E-state index is 12.8. The lowest BCUT2D eigenvalue weighted by molar-refractivity contribution is 0.102. The average molecular weight is 409 g/mol. The van der Waals surface area contributed by atoms with Gasteiger partial charge < -0.3 is 15.0 Å². The minimum Gasteiger partial charge on any atom is -0.495 e. The molecule has 1 saturated heterocycles. The number of hydrogen-bond acceptors (Lipinski definition) is 5. The Bertz CT molecular complexity index is 1030. The van der Waals surface area contributed by atoms with E-state index in [9.17, 15) is 4.79 Å². The fourth-order valence-electron chi connectivity index (χ4n) is 3.42. The number of carbonyl (C=O) groups excluding carboxylic acids is 1. The van der Waals surface area contributed by atoms with E-state index < -0.39 is 0 Å². The molecule has 0 radical (unpaired) electrons. The highest BCUT2D eigenvalue weighted by molar-refractivity contribution is 6.31. The zero-order valence-corrected chi connectivity index (χ0v) is 16.8. The first-order valence-corrected chi connectivity index (χ1v) is 9.84. The molecular weight excluding hydrogens is 388 g/mol. The fraction of sp³-hybridized carbons (Fsp3) is 0.227. The molecule has 1 aliphatic rings. The second-order valence-corrected chi connectivity index (χ2v) is 7.27. The van der Waals surface area contributed by atoms with E-state index in [0.717, 1.165) is 30.2 Å². The van der Waals surface area contributed by atoms with E-state index in [1.165, 1.54) is 12.8 Å². The molecule has 7 heteroatoms. The van der Waals surface area contributed by atoms with Crippen molar-refractivity contribution < 1.29 is 9.53 Å². The average Bonchev–Trinajstić information content (AvgIpc) is 3.29. The third kappa shape index (κ3) is 4.32. The molecule has 0 spiro atoms. The number of hydrogen-bond donors (Lipinski definition) is 1. The molecule has 148 valence electrons. The van der Waals surface area contributed by atoms with Gasteiger partial charge in [-0.25, -0.2) is 9.97 Å². The van der Waals surface area contributed by atoms with Gasteiger partial charge in [-0.2, -0.15) is 0 Å². The smallest absolute Gasteiger partial charge is 0.255 e. The quantitative estimate of drug-likeness (QED) is 0.665. The molecule has 1 aromatic heterocycles. The number of nitrogens with zero attached hydrogens (tertiary/aromatic N) is 3. The summed E-state index contributed by atoms with van der Waals surface area (Å²) in [6.07, 6.45) is 3.94. The minimum atomic E-state index is -0.249. The lowest BCUT2D eigenvalue weighted by Gasteiger charge is -2.16. The summed E-state index contributed by atoms with van der Waals surface area (Å²) in [5.74, 6) is 1.22. The van der Waals surface area contributed by atoms with E-state index in [2.05, 4.69) is 20.2 Å². The van der Waals surface area contributed by atoms with Crippen molar-refractivity contribution in [1.29, 1.82) is 0 Å². The molecule has 0 atom stereocenters. The van der Waals surface area contributed by atoms with Crippen molar-refractivity contribution in [2.45, 2.75) is 12.8 Å². The standard InChI is InChI=1S/C22H21ClN4O2/c1-29-20-8-7-17(23)12-19(20)26-22(28)16-6-4-5-15(11-16)18-13-21(25-14-24-18)27-9-2-3-10-27/h4-8,11-14H,2-3,9-10H2,1H3,(H,26,28). The van der Waals surface area contributed by atoms with Gasteiger partial charge in [-0.1, -0.05) is 23.7 Å². The Hall–Kier alpha value is -3.12. The molecule has 3 aromatic rings. The molecule has 0 aliphatic carbocycles. The number of nitrogens with one attached hydrogen (secondary N) is 1. The van der Waals surface area contributed by atoms with Crippen LogP contribution in [0.3, 0.4) is 0 Å². The van der Waals surface area contributed by atoms with E-state index in [1.807, 2.05) is 24.3 Å². The number of benzene rings is 2. The van der Waals surface area contributed by atoms with Crippen LogP contribution in [0.25, 0.3) is 11.3 Å². The van der Waals surface area contributed by atoms with Gasteiger partial charge in [-0.15, -0.1) is 0 Å². The first-order valence-electron chi connectivity index (χ1n) is 9.46. The maximum Gasteiger partial charge on any atom is 0.255 e. The normalized spacial score (nSPS) is 13.4. The number of methoxy groups -OCH3 is 1. The zero-order valence-electron chi connectivity index (χ0n) is 16.1. The summed E-state index contributed by atoms with van der Waals surface area (Å²) in [4.78, 5) is 23.9. The van der Waals surface area contributed by atoms with Crippen LogP contribution in [0.5, 0.6) is 5.75 Å². The van der Waals surface area contributed by atoms with Gasteiger partial charge >= 0.3 is 0 Å². The van der Waals surface area contributed by atoms with Crippen molar-refractivity contribution in [3.63, 3.8) is 0 Å². The molecule has 2 aromatic carbocycles. The Balaban J connectivity index is 1.58. The lowest BCUT2D eigenvalue weighted by atomic mass is 10.1. The van der Waals surface area contributed by atoms with Crippen LogP contribution in [0.4, 0.5) is 11.5 Å². The predicted octanol–water partition coefficient (Wildman–Crippen LogP) is 4.66. The second kappa shape index (κ2) is 8.49. The number of rotatable bonds is 5. The molecule has 1 fully saturated rings. The van der Waals surface area contributed by atoms with Gasteiger partial charge in [-0.3, -0.25) is 4.79 Å². The Morgan fingerprint density at radius 3 is 2.72 bits per heavy atom. The van der Waals surface area contributed by atoms with E-state index in [1.54, 1.807) is 37.7 Å². The van der Waals surface area contributed by atoms with Crippen molar-refractivity contribution in [3.8, 4) is 17.0 Å². The van der Waals surface area contributed by atoms with E-state index in [-0.39, 0.29) is 5.91 Å². The summed E-state index contributed by atoms with van der Waals surface area (Å²) in [7, 11) is 1.55. The lowest BCUT2D eigenvalue weighted by Crippen LogP contribution is -2.19. The molecule has 2 heterocycles. The Labute approximate surface area is 174 Å². The number of anilines is 2. The van der Waals surface area contributed by atoms with Crippen LogP contribution in [0, 0.1) is 0 Å². The summed E-state index contributed by atoms with van der Waals surface area (Å²) in [5, 5.41) is 3.38. The minimum absolute atomic E-state index is 0.249. The third-order valence-corrected chi connectivity index (χ3v) is 5.15. The Kier molecular flexibility index (Phi) is 5.62. The summed E-state index contributed by atoms with van der Waals surface area (Å²) in [6.45, 7) is 2.03. The van der Waals surface area contributed by atoms with Crippen LogP contribution in [-0.2, 0) is 0 Å². The van der Waals surface area contributed by atoms with Crippen LogP contribution in [-0.4, -0.2) is 36.1 Å². The van der Waals surface area contributed by atoms with Crippen LogP contribution < -0.4 is 15.0 Å². The molecule has 29 heavy (non-hydrogen) atoms. The van der Waals surface area contributed by atoms with Gasteiger partial charge in [0.1, 0.15) is 17.9 Å². The van der Waals surface area contributed by atoms with Crippen LogP contribution in [0.1, 0.15) is 23.2 Å². The molecule has 0 bridgehead atoms. The summed E-state index contributed by atoms with van der Waals surface area (Å²) >= 11 is 6.05. The van der Waals surface area contributed by atoms with Crippen LogP contribution in [0.2, 0.25) is 5.02 Å². The van der Waals surface area contributed by atoms with Gasteiger partial charge in [-0.05, 0) is 43.2 Å². The SMILES string of the molecule is COc1ccc(Cl)cc1NC(=O)c1cccc(-c2cc(N3CCCC3)ncn2)c1. The Morgan fingerprint density at radius 2 is 1.93 bits per heavy atom. The van der Waals surface area contributed by atoms with Crippen molar-refractivity contribution >= 4 is 29.0 Å². The highest BCUT2D eigenvalue weighted by atomic mass is 35.5. The molecule has 0 saturated carbocycles. The van der Waals surface area contributed by atoms with Gasteiger partial charge in [0.15, 0.2) is 0 Å². The number of halogens is 1. The molecular formula is C22H21ClN4O2. The monoisotopic (exact) mass is 408 g/mol. The molecule has 0 unspecified atom stereocenters. The third-order valence-electron chi connectivity index (χ3n) is 4.91. The number of ether oxygens (including phenoxy) is 1. The summed E-state index contributed by atoms with van der Waals surface area (Å²) < 4.78 is 5.30. The number of aromatic nitrogens is 2. The van der Waals surface area contributed by atoms with Gasteiger partial charge in [0.05, 0.1) is 18.5 Å². The van der Waals surface area contributed by atoms with Crippen LogP contribution in [0.15, 0.2) is 54.9 Å². The summed E-state index contributed by atoms with van der Waals surface area (Å²) in [6, 6.07) is 14.4. The number of carbonyl (C=O) groups is 1. The highest BCUT2D eigenvalue weighted by Crippen LogP contribution is 2.29. The Morgan fingerprint density at radius 1 is 1.10 bits per heavy atom. The van der Waals surface area contributed by atoms with Gasteiger partial charge in [0, 0.05) is 35.3 Å². The first-order chi connectivity index (χ1) is 14.1.